The van der Waals surface area contributed by atoms with E-state index in [2.05, 4.69) is 4.74 Å². The van der Waals surface area contributed by atoms with Crippen LogP contribution < -0.4 is 0 Å². The molecule has 1 unspecified atom stereocenters. The molecule has 1 rings (SSSR count). The highest BCUT2D eigenvalue weighted by Crippen LogP contribution is 2.20. The van der Waals surface area contributed by atoms with Crippen LogP contribution in [-0.2, 0) is 9.53 Å². The van der Waals surface area contributed by atoms with Gasteiger partial charge in [-0.15, -0.1) is 0 Å². The van der Waals surface area contributed by atoms with Gasteiger partial charge in [-0.3, -0.25) is 9.59 Å². The second kappa shape index (κ2) is 5.66. The van der Waals surface area contributed by atoms with E-state index in [1.807, 2.05) is 0 Å². The summed E-state index contributed by atoms with van der Waals surface area (Å²) in [5.74, 6) is -7.72. The minimum atomic E-state index is -1.74. The molecule has 1 aromatic rings. The van der Waals surface area contributed by atoms with Crippen molar-refractivity contribution in [2.75, 3.05) is 7.11 Å². The molecule has 0 fully saturated rings. The molecule has 0 heterocycles. The molecule has 0 bridgehead atoms. The van der Waals surface area contributed by atoms with Gasteiger partial charge in [0.15, 0.2) is 23.2 Å². The normalized spacial score (nSPS) is 12.1. The van der Waals surface area contributed by atoms with Crippen LogP contribution in [0.25, 0.3) is 0 Å². The SMILES string of the molecule is CCC(C(=O)OC)C(=O)c1ccc(F)c(F)c1F. The molecular weight excluding hydrogens is 249 g/mol. The predicted molar refractivity (Wildman–Crippen MR) is 56.4 cm³/mol. The number of carbonyl (C=O) groups is 2. The molecule has 0 aliphatic rings. The molecule has 0 saturated carbocycles. The fourth-order valence-corrected chi connectivity index (χ4v) is 1.51. The Kier molecular flexibility index (Phi) is 4.47. The topological polar surface area (TPSA) is 43.4 Å². The average Bonchev–Trinajstić information content (AvgIpc) is 2.36. The third-order valence-electron chi connectivity index (χ3n) is 2.51. The van der Waals surface area contributed by atoms with Crippen LogP contribution in [0.4, 0.5) is 13.2 Å². The minimum absolute atomic E-state index is 0.0734. The van der Waals surface area contributed by atoms with E-state index in [4.69, 9.17) is 0 Å². The van der Waals surface area contributed by atoms with Crippen LogP contribution in [0.5, 0.6) is 0 Å². The standard InChI is InChI=1S/C12H11F3O3/c1-3-6(12(17)18-2)11(16)7-4-5-8(13)10(15)9(7)14/h4-6H,3H2,1-2H3. The Morgan fingerprint density at radius 2 is 1.83 bits per heavy atom. The Morgan fingerprint density at radius 1 is 1.22 bits per heavy atom. The van der Waals surface area contributed by atoms with Gasteiger partial charge in [-0.1, -0.05) is 6.92 Å². The van der Waals surface area contributed by atoms with E-state index in [9.17, 15) is 22.8 Å². The van der Waals surface area contributed by atoms with Crippen molar-refractivity contribution in [3.05, 3.63) is 35.1 Å². The summed E-state index contributed by atoms with van der Waals surface area (Å²) in [6.45, 7) is 1.53. The summed E-state index contributed by atoms with van der Waals surface area (Å²) < 4.78 is 43.5. The third-order valence-corrected chi connectivity index (χ3v) is 2.51. The van der Waals surface area contributed by atoms with Crippen molar-refractivity contribution in [3.8, 4) is 0 Å². The maximum Gasteiger partial charge on any atom is 0.316 e. The first-order valence-electron chi connectivity index (χ1n) is 5.19. The fraction of sp³-hybridized carbons (Fsp3) is 0.333. The monoisotopic (exact) mass is 260 g/mol. The number of esters is 1. The van der Waals surface area contributed by atoms with Crippen LogP contribution in [0, 0.1) is 23.4 Å². The number of ether oxygens (including phenoxy) is 1. The summed E-state index contributed by atoms with van der Waals surface area (Å²) in [6.07, 6.45) is 0.0734. The highest BCUT2D eigenvalue weighted by Gasteiger charge is 2.30. The minimum Gasteiger partial charge on any atom is -0.468 e. The molecule has 0 amide bonds. The van der Waals surface area contributed by atoms with E-state index >= 15 is 0 Å². The van der Waals surface area contributed by atoms with E-state index in [-0.39, 0.29) is 6.42 Å². The number of hydrogen-bond donors (Lipinski definition) is 0. The molecule has 6 heteroatoms. The van der Waals surface area contributed by atoms with Gasteiger partial charge in [0.2, 0.25) is 0 Å². The number of carbonyl (C=O) groups excluding carboxylic acids is 2. The quantitative estimate of drug-likeness (QED) is 0.361. The molecule has 0 radical (unpaired) electrons. The van der Waals surface area contributed by atoms with E-state index in [1.54, 1.807) is 0 Å². The number of rotatable bonds is 4. The molecule has 0 saturated heterocycles. The van der Waals surface area contributed by atoms with Crippen molar-refractivity contribution in [2.45, 2.75) is 13.3 Å². The van der Waals surface area contributed by atoms with Gasteiger partial charge in [0, 0.05) is 0 Å². The van der Waals surface area contributed by atoms with Crippen LogP contribution in [0.3, 0.4) is 0 Å². The zero-order valence-corrected chi connectivity index (χ0v) is 9.80. The first kappa shape index (κ1) is 14.2. The first-order valence-corrected chi connectivity index (χ1v) is 5.19. The molecule has 3 nitrogen and oxygen atoms in total. The van der Waals surface area contributed by atoms with Crippen molar-refractivity contribution in [1.29, 1.82) is 0 Å². The molecule has 0 aliphatic heterocycles. The summed E-state index contributed by atoms with van der Waals surface area (Å²) in [5.41, 5.74) is -0.661. The summed E-state index contributed by atoms with van der Waals surface area (Å²) in [5, 5.41) is 0. The Morgan fingerprint density at radius 3 is 2.33 bits per heavy atom. The van der Waals surface area contributed by atoms with E-state index in [0.717, 1.165) is 13.2 Å². The summed E-state index contributed by atoms with van der Waals surface area (Å²) in [7, 11) is 1.08. The van der Waals surface area contributed by atoms with Crippen molar-refractivity contribution >= 4 is 11.8 Å². The number of halogens is 3. The largest absolute Gasteiger partial charge is 0.468 e. The van der Waals surface area contributed by atoms with Crippen molar-refractivity contribution in [1.82, 2.24) is 0 Å². The summed E-state index contributed by atoms with van der Waals surface area (Å²) >= 11 is 0. The molecule has 0 N–H and O–H groups in total. The fourth-order valence-electron chi connectivity index (χ4n) is 1.51. The van der Waals surface area contributed by atoms with E-state index in [1.165, 1.54) is 6.92 Å². The van der Waals surface area contributed by atoms with Gasteiger partial charge in [-0.25, -0.2) is 13.2 Å². The van der Waals surface area contributed by atoms with E-state index in [0.29, 0.717) is 6.07 Å². The zero-order valence-electron chi connectivity index (χ0n) is 9.80. The lowest BCUT2D eigenvalue weighted by atomic mass is 9.95. The van der Waals surface area contributed by atoms with Crippen LogP contribution in [-0.4, -0.2) is 18.9 Å². The maximum absolute atomic E-state index is 13.4. The van der Waals surface area contributed by atoms with Crippen molar-refractivity contribution in [2.24, 2.45) is 5.92 Å². The van der Waals surface area contributed by atoms with Crippen molar-refractivity contribution in [3.63, 3.8) is 0 Å². The smallest absolute Gasteiger partial charge is 0.316 e. The molecule has 18 heavy (non-hydrogen) atoms. The average molecular weight is 260 g/mol. The van der Waals surface area contributed by atoms with Gasteiger partial charge >= 0.3 is 5.97 Å². The Bertz CT molecular complexity index is 486. The third kappa shape index (κ3) is 2.52. The molecule has 1 atom stereocenters. The number of Topliss-reactive ketones (excluding diaryl/α,β-unsaturated/α-hetero) is 1. The van der Waals surface area contributed by atoms with Crippen LogP contribution in [0.15, 0.2) is 12.1 Å². The Hall–Kier alpha value is -1.85. The molecule has 1 aromatic carbocycles. The number of hydrogen-bond acceptors (Lipinski definition) is 3. The van der Waals surface area contributed by atoms with E-state index < -0.39 is 40.7 Å². The summed E-state index contributed by atoms with van der Waals surface area (Å²) in [4.78, 5) is 23.1. The van der Waals surface area contributed by atoms with Gasteiger partial charge in [-0.05, 0) is 18.6 Å². The lowest BCUT2D eigenvalue weighted by Gasteiger charge is -2.12. The zero-order chi connectivity index (χ0) is 13.9. The first-order chi connectivity index (χ1) is 8.43. The molecule has 98 valence electrons. The highest BCUT2D eigenvalue weighted by molar-refractivity contribution is 6.08. The van der Waals surface area contributed by atoms with Gasteiger partial charge in [-0.2, -0.15) is 0 Å². The van der Waals surface area contributed by atoms with Gasteiger partial charge < -0.3 is 4.74 Å². The summed E-state index contributed by atoms with van der Waals surface area (Å²) in [6, 6.07) is 1.44. The molecule has 0 spiro atoms. The number of benzene rings is 1. The molecule has 0 aromatic heterocycles. The van der Waals surface area contributed by atoms with Crippen molar-refractivity contribution < 1.29 is 27.5 Å². The predicted octanol–water partition coefficient (Wildman–Crippen LogP) is 2.49. The second-order valence-corrected chi connectivity index (χ2v) is 3.57. The van der Waals surface area contributed by atoms with Gasteiger partial charge in [0.1, 0.15) is 5.92 Å². The highest BCUT2D eigenvalue weighted by atomic mass is 19.2. The number of ketones is 1. The van der Waals surface area contributed by atoms with Gasteiger partial charge in [0.25, 0.3) is 0 Å². The van der Waals surface area contributed by atoms with Crippen LogP contribution in [0.1, 0.15) is 23.7 Å². The Labute approximate surface area is 102 Å². The lowest BCUT2D eigenvalue weighted by Crippen LogP contribution is -2.26. The van der Waals surface area contributed by atoms with Gasteiger partial charge in [0.05, 0.1) is 12.7 Å². The molecule has 0 aliphatic carbocycles. The van der Waals surface area contributed by atoms with Crippen LogP contribution >= 0.6 is 0 Å². The van der Waals surface area contributed by atoms with Crippen LogP contribution in [0.2, 0.25) is 0 Å². The molecular formula is C12H11F3O3. The number of methoxy groups -OCH3 is 1. The second-order valence-electron chi connectivity index (χ2n) is 3.57. The lowest BCUT2D eigenvalue weighted by molar-refractivity contribution is -0.143. The maximum atomic E-state index is 13.4. The Balaban J connectivity index is 3.18.